The molecule has 1 aromatic heterocycles. The van der Waals surface area contributed by atoms with Crippen molar-refractivity contribution in [3.63, 3.8) is 0 Å². The van der Waals surface area contributed by atoms with Crippen molar-refractivity contribution in [2.75, 3.05) is 13.2 Å². The maximum absolute atomic E-state index is 14.0. The van der Waals surface area contributed by atoms with E-state index in [1.54, 1.807) is 33.9 Å². The zero-order chi connectivity index (χ0) is 29.1. The van der Waals surface area contributed by atoms with E-state index >= 15 is 0 Å². The van der Waals surface area contributed by atoms with E-state index in [0.717, 1.165) is 25.0 Å². The van der Waals surface area contributed by atoms with E-state index in [0.29, 0.717) is 19.3 Å². The van der Waals surface area contributed by atoms with Gasteiger partial charge in [-0.3, -0.25) is 9.59 Å². The molecule has 0 bridgehead atoms. The number of carbonyl (C=O) groups excluding carboxylic acids is 4. The number of amides is 3. The van der Waals surface area contributed by atoms with Crippen molar-refractivity contribution in [1.82, 2.24) is 30.5 Å². The Labute approximate surface area is 235 Å². The number of alkyl carbamates (subject to hydrolysis) is 1. The number of esters is 1. The van der Waals surface area contributed by atoms with Crippen LogP contribution in [0.1, 0.15) is 84.4 Å². The van der Waals surface area contributed by atoms with Gasteiger partial charge in [0.25, 0.3) is 0 Å². The molecule has 0 spiro atoms. The van der Waals surface area contributed by atoms with Gasteiger partial charge in [0.05, 0.1) is 24.5 Å². The van der Waals surface area contributed by atoms with E-state index in [9.17, 15) is 19.2 Å². The molecule has 1 saturated heterocycles. The second kappa shape index (κ2) is 12.0. The molecule has 0 aromatic carbocycles. The molecule has 1 aromatic rings. The highest BCUT2D eigenvalue weighted by Crippen LogP contribution is 2.46. The lowest BCUT2D eigenvalue weighted by Gasteiger charge is -2.30. The van der Waals surface area contributed by atoms with Gasteiger partial charge in [-0.1, -0.05) is 25.0 Å². The molecule has 2 aliphatic heterocycles. The number of nitrogens with one attached hydrogen (secondary N) is 2. The molecule has 2 N–H and O–H groups in total. The Morgan fingerprint density at radius 3 is 2.67 bits per heavy atom. The van der Waals surface area contributed by atoms with Gasteiger partial charge >= 0.3 is 12.1 Å². The van der Waals surface area contributed by atoms with Crippen LogP contribution in [0.4, 0.5) is 4.79 Å². The SMILES string of the molecule is CCOC(=O)[C@@]12C[C@@H]1/C=C\CCCCC[C@H](NC(=O)OC(C)(C)C)C(=O)N1C[C@H](n3ncc(C)n3)C[C@H]1C(=O)N2. The van der Waals surface area contributed by atoms with Crippen molar-refractivity contribution >= 4 is 23.9 Å². The monoisotopic (exact) mass is 558 g/mol. The van der Waals surface area contributed by atoms with Crippen molar-refractivity contribution in [1.29, 1.82) is 0 Å². The molecule has 2 fully saturated rings. The van der Waals surface area contributed by atoms with Gasteiger partial charge in [0, 0.05) is 18.9 Å². The lowest BCUT2D eigenvalue weighted by atomic mass is 10.0. The Morgan fingerprint density at radius 1 is 1.23 bits per heavy atom. The Balaban J connectivity index is 1.64. The predicted molar refractivity (Wildman–Crippen MR) is 145 cm³/mol. The molecule has 3 heterocycles. The number of aromatic nitrogens is 3. The lowest BCUT2D eigenvalue weighted by Crippen LogP contribution is -2.56. The van der Waals surface area contributed by atoms with Crippen molar-refractivity contribution < 1.29 is 28.7 Å². The highest BCUT2D eigenvalue weighted by Gasteiger charge is 2.62. The summed E-state index contributed by atoms with van der Waals surface area (Å²) in [6.45, 7) is 9.21. The van der Waals surface area contributed by atoms with Gasteiger partial charge in [-0.05, 0) is 60.3 Å². The highest BCUT2D eigenvalue weighted by molar-refractivity contribution is 5.96. The van der Waals surface area contributed by atoms with Crippen molar-refractivity contribution in [2.45, 2.75) is 109 Å². The average Bonchev–Trinajstić information content (AvgIpc) is 3.17. The standard InChI is InChI=1S/C28H42N6O6/c1-6-39-25(37)28-15-19(28)12-10-8-7-9-11-13-21(30-26(38)40-27(3,4)5)24(36)33-17-20(14-22(33)23(35)31-28)34-29-16-18(2)32-34/h10,12,16,19-22H,6-9,11,13-15,17H2,1-5H3,(H,30,38)(H,31,35)/b12-10-/t19-,20+,21-,22-,28+/m0/s1. The smallest absolute Gasteiger partial charge is 0.408 e. The first kappa shape index (κ1) is 29.5. The third-order valence-electron chi connectivity index (χ3n) is 7.54. The van der Waals surface area contributed by atoms with Crippen LogP contribution in [0.2, 0.25) is 0 Å². The first-order valence-electron chi connectivity index (χ1n) is 14.3. The van der Waals surface area contributed by atoms with Crippen LogP contribution < -0.4 is 10.6 Å². The number of ether oxygens (including phenoxy) is 2. The van der Waals surface area contributed by atoms with E-state index in [1.165, 1.54) is 9.70 Å². The number of carbonyl (C=O) groups is 4. The molecule has 0 radical (unpaired) electrons. The Bertz CT molecular complexity index is 1140. The van der Waals surface area contributed by atoms with Gasteiger partial charge in [-0.25, -0.2) is 9.59 Å². The minimum absolute atomic E-state index is 0.168. The molecular formula is C28H42N6O6. The van der Waals surface area contributed by atoms with Crippen LogP contribution in [0.3, 0.4) is 0 Å². The molecule has 3 aliphatic rings. The quantitative estimate of drug-likeness (QED) is 0.424. The van der Waals surface area contributed by atoms with Crippen molar-refractivity contribution in [3.05, 3.63) is 24.0 Å². The van der Waals surface area contributed by atoms with Crippen molar-refractivity contribution in [3.8, 4) is 0 Å². The molecule has 1 aliphatic carbocycles. The zero-order valence-corrected chi connectivity index (χ0v) is 24.1. The molecule has 3 amide bonds. The van der Waals surface area contributed by atoms with Crippen LogP contribution in [0.15, 0.2) is 18.3 Å². The van der Waals surface area contributed by atoms with Crippen LogP contribution in [0.5, 0.6) is 0 Å². The topological polar surface area (TPSA) is 145 Å². The summed E-state index contributed by atoms with van der Waals surface area (Å²) >= 11 is 0. The van der Waals surface area contributed by atoms with Crippen LogP contribution in [0.25, 0.3) is 0 Å². The second-order valence-corrected chi connectivity index (χ2v) is 12.0. The summed E-state index contributed by atoms with van der Waals surface area (Å²) in [6.07, 6.45) is 9.38. The molecule has 5 atom stereocenters. The molecule has 12 heteroatoms. The van der Waals surface area contributed by atoms with Gasteiger partial charge in [-0.15, -0.1) is 0 Å². The summed E-state index contributed by atoms with van der Waals surface area (Å²) in [5.74, 6) is -1.44. The van der Waals surface area contributed by atoms with E-state index in [-0.39, 0.29) is 37.4 Å². The average molecular weight is 559 g/mol. The summed E-state index contributed by atoms with van der Waals surface area (Å²) in [4.78, 5) is 56.6. The fraction of sp³-hybridized carbons (Fsp3) is 0.714. The van der Waals surface area contributed by atoms with Crippen LogP contribution in [-0.2, 0) is 23.9 Å². The fourth-order valence-corrected chi connectivity index (χ4v) is 5.47. The van der Waals surface area contributed by atoms with Gasteiger partial charge < -0.3 is 25.0 Å². The lowest BCUT2D eigenvalue weighted by molar-refractivity contribution is -0.150. The van der Waals surface area contributed by atoms with Gasteiger partial charge in [-0.2, -0.15) is 15.0 Å². The highest BCUT2D eigenvalue weighted by atomic mass is 16.6. The molecule has 1 saturated carbocycles. The molecule has 220 valence electrons. The summed E-state index contributed by atoms with van der Waals surface area (Å²) in [7, 11) is 0. The second-order valence-electron chi connectivity index (χ2n) is 12.0. The number of nitrogens with zero attached hydrogens (tertiary/aromatic N) is 4. The molecule has 4 rings (SSSR count). The minimum atomic E-state index is -1.15. The summed E-state index contributed by atoms with van der Waals surface area (Å²) in [5.41, 5.74) is -1.16. The number of rotatable bonds is 4. The number of hydrogen-bond acceptors (Lipinski definition) is 8. The Hall–Kier alpha value is -3.44. The third-order valence-corrected chi connectivity index (χ3v) is 7.54. The maximum Gasteiger partial charge on any atom is 0.408 e. The predicted octanol–water partition coefficient (Wildman–Crippen LogP) is 2.58. The number of hydrogen-bond donors (Lipinski definition) is 2. The van der Waals surface area contributed by atoms with Crippen molar-refractivity contribution in [2.24, 2.45) is 5.92 Å². The van der Waals surface area contributed by atoms with E-state index in [4.69, 9.17) is 9.47 Å². The van der Waals surface area contributed by atoms with E-state index < -0.39 is 41.2 Å². The minimum Gasteiger partial charge on any atom is -0.464 e. The maximum atomic E-state index is 14.0. The first-order valence-corrected chi connectivity index (χ1v) is 14.3. The molecule has 40 heavy (non-hydrogen) atoms. The Kier molecular flexibility index (Phi) is 8.84. The van der Waals surface area contributed by atoms with E-state index in [1.807, 2.05) is 19.1 Å². The Morgan fingerprint density at radius 2 is 2.00 bits per heavy atom. The van der Waals surface area contributed by atoms with Gasteiger partial charge in [0.1, 0.15) is 23.2 Å². The number of aryl methyl sites for hydroxylation is 1. The normalized spacial score (nSPS) is 30.2. The molecule has 12 nitrogen and oxygen atoms in total. The van der Waals surface area contributed by atoms with Crippen LogP contribution >= 0.6 is 0 Å². The fourth-order valence-electron chi connectivity index (χ4n) is 5.47. The first-order chi connectivity index (χ1) is 18.9. The van der Waals surface area contributed by atoms with Crippen LogP contribution in [0, 0.1) is 12.8 Å². The summed E-state index contributed by atoms with van der Waals surface area (Å²) in [5, 5.41) is 14.4. The molecular weight excluding hydrogens is 516 g/mol. The third kappa shape index (κ3) is 6.82. The van der Waals surface area contributed by atoms with Gasteiger partial charge in [0.2, 0.25) is 11.8 Å². The summed E-state index contributed by atoms with van der Waals surface area (Å²) in [6, 6.07) is -2.10. The molecule has 0 unspecified atom stereocenters. The van der Waals surface area contributed by atoms with E-state index in [2.05, 4.69) is 20.8 Å². The number of allylic oxidation sites excluding steroid dienone is 1. The zero-order valence-electron chi connectivity index (χ0n) is 24.1. The van der Waals surface area contributed by atoms with Crippen LogP contribution in [-0.4, -0.2) is 80.1 Å². The van der Waals surface area contributed by atoms with Gasteiger partial charge in [0.15, 0.2) is 0 Å². The number of fused-ring (bicyclic) bond motifs is 2. The summed E-state index contributed by atoms with van der Waals surface area (Å²) < 4.78 is 10.8. The largest absolute Gasteiger partial charge is 0.464 e.